The first-order chi connectivity index (χ1) is 19.7. The molecule has 2 atom stereocenters. The van der Waals surface area contributed by atoms with Gasteiger partial charge in [-0.15, -0.1) is 0 Å². The van der Waals surface area contributed by atoms with E-state index in [1.54, 1.807) is 31.4 Å². The Morgan fingerprint density at radius 1 is 1.00 bits per heavy atom. The fraction of sp³-hybridized carbons (Fsp3) is 0.400. The minimum absolute atomic E-state index is 0.00378. The molecule has 1 saturated heterocycles. The molecule has 1 aliphatic heterocycles. The summed E-state index contributed by atoms with van der Waals surface area (Å²) < 4.78 is 21.6. The van der Waals surface area contributed by atoms with Crippen molar-refractivity contribution in [1.82, 2.24) is 16.0 Å². The quantitative estimate of drug-likeness (QED) is 0.284. The van der Waals surface area contributed by atoms with Gasteiger partial charge < -0.3 is 34.6 Å². The van der Waals surface area contributed by atoms with E-state index in [0.717, 1.165) is 18.4 Å². The van der Waals surface area contributed by atoms with E-state index in [1.807, 2.05) is 26.0 Å². The summed E-state index contributed by atoms with van der Waals surface area (Å²) in [7, 11) is 1.58. The van der Waals surface area contributed by atoms with Gasteiger partial charge in [-0.3, -0.25) is 14.4 Å². The number of hydrogen-bond donors (Lipinski definition) is 3. The van der Waals surface area contributed by atoms with E-state index in [4.69, 9.17) is 18.6 Å². The second kappa shape index (κ2) is 13.8. The van der Waals surface area contributed by atoms with Crippen LogP contribution in [0.15, 0.2) is 57.7 Å². The molecule has 0 aliphatic carbocycles. The van der Waals surface area contributed by atoms with Crippen LogP contribution in [0.2, 0.25) is 0 Å². The zero-order chi connectivity index (χ0) is 29.4. The molecular weight excluding hydrogens is 530 g/mol. The third kappa shape index (κ3) is 8.07. The monoisotopic (exact) mass is 565 g/mol. The van der Waals surface area contributed by atoms with Gasteiger partial charge in [0.1, 0.15) is 23.1 Å². The molecule has 11 heteroatoms. The first kappa shape index (κ1) is 29.6. The van der Waals surface area contributed by atoms with Gasteiger partial charge in [-0.25, -0.2) is 4.79 Å². The van der Waals surface area contributed by atoms with Crippen LogP contribution in [0.1, 0.15) is 26.7 Å². The van der Waals surface area contributed by atoms with Gasteiger partial charge in [0.25, 0.3) is 5.91 Å². The minimum atomic E-state index is -0.743. The van der Waals surface area contributed by atoms with Gasteiger partial charge in [0.05, 0.1) is 19.8 Å². The first-order valence-electron chi connectivity index (χ1n) is 13.5. The fourth-order valence-corrected chi connectivity index (χ4v) is 4.51. The highest BCUT2D eigenvalue weighted by atomic mass is 16.5. The van der Waals surface area contributed by atoms with E-state index >= 15 is 0 Å². The van der Waals surface area contributed by atoms with Gasteiger partial charge in [0.15, 0.2) is 6.61 Å². The molecule has 1 fully saturated rings. The lowest BCUT2D eigenvalue weighted by atomic mass is 10.0. The third-order valence-electron chi connectivity index (χ3n) is 6.73. The molecule has 1 unspecified atom stereocenters. The Bertz CT molecular complexity index is 1430. The molecule has 3 aromatic rings. The molecule has 3 amide bonds. The molecule has 3 N–H and O–H groups in total. The molecular formula is C30H35N3O8. The Balaban J connectivity index is 1.29. The lowest BCUT2D eigenvalue weighted by Gasteiger charge is -2.22. The van der Waals surface area contributed by atoms with Gasteiger partial charge in [0.2, 0.25) is 11.8 Å². The maximum absolute atomic E-state index is 12.6. The molecule has 2 heterocycles. The molecule has 1 aliphatic rings. The molecule has 1 aromatic heterocycles. The largest absolute Gasteiger partial charge is 0.497 e. The smallest absolute Gasteiger partial charge is 0.336 e. The van der Waals surface area contributed by atoms with Crippen LogP contribution in [0.25, 0.3) is 22.1 Å². The third-order valence-corrected chi connectivity index (χ3v) is 6.73. The molecule has 11 nitrogen and oxygen atoms in total. The normalized spacial score (nSPS) is 15.4. The number of methoxy groups -OCH3 is 1. The molecule has 0 spiro atoms. The average Bonchev–Trinajstić information content (AvgIpc) is 3.49. The summed E-state index contributed by atoms with van der Waals surface area (Å²) in [4.78, 5) is 49.6. The summed E-state index contributed by atoms with van der Waals surface area (Å²) in [6, 6.07) is 12.9. The maximum Gasteiger partial charge on any atom is 0.336 e. The lowest BCUT2D eigenvalue weighted by Crippen LogP contribution is -2.53. The van der Waals surface area contributed by atoms with Crippen molar-refractivity contribution in [2.24, 2.45) is 5.92 Å². The SMILES string of the molecule is COc1ccc(-c2cc(=O)oc3cc(OCC(=O)NCC(=O)N[C@H](C(=O)NCC4CCCO4)C(C)C)ccc23)cc1. The number of hydrogen-bond acceptors (Lipinski definition) is 8. The van der Waals surface area contributed by atoms with Crippen LogP contribution >= 0.6 is 0 Å². The van der Waals surface area contributed by atoms with E-state index in [2.05, 4.69) is 16.0 Å². The van der Waals surface area contributed by atoms with E-state index in [9.17, 15) is 19.2 Å². The number of rotatable bonds is 12. The summed E-state index contributed by atoms with van der Waals surface area (Å²) in [5.41, 5.74) is 1.28. The topological polar surface area (TPSA) is 145 Å². The highest BCUT2D eigenvalue weighted by molar-refractivity contribution is 5.94. The highest BCUT2D eigenvalue weighted by Crippen LogP contribution is 2.30. The number of ether oxygens (including phenoxy) is 3. The van der Waals surface area contributed by atoms with Crippen LogP contribution in [0, 0.1) is 5.92 Å². The van der Waals surface area contributed by atoms with Crippen LogP contribution < -0.4 is 31.0 Å². The van der Waals surface area contributed by atoms with Gasteiger partial charge >= 0.3 is 5.63 Å². The molecule has 41 heavy (non-hydrogen) atoms. The van der Waals surface area contributed by atoms with Crippen LogP contribution in [0.4, 0.5) is 0 Å². The van der Waals surface area contributed by atoms with Crippen molar-refractivity contribution in [3.63, 3.8) is 0 Å². The number of carbonyl (C=O) groups is 3. The lowest BCUT2D eigenvalue weighted by molar-refractivity contribution is -0.131. The summed E-state index contributed by atoms with van der Waals surface area (Å²) >= 11 is 0. The summed E-state index contributed by atoms with van der Waals surface area (Å²) in [6.45, 7) is 4.06. The Kier molecular flexibility index (Phi) is 9.96. The summed E-state index contributed by atoms with van der Waals surface area (Å²) in [6.07, 6.45) is 1.86. The van der Waals surface area contributed by atoms with Crippen LogP contribution in [-0.2, 0) is 19.1 Å². The van der Waals surface area contributed by atoms with Crippen LogP contribution in [0.3, 0.4) is 0 Å². The van der Waals surface area contributed by atoms with Crippen molar-refractivity contribution >= 4 is 28.7 Å². The van der Waals surface area contributed by atoms with Crippen molar-refractivity contribution in [3.8, 4) is 22.6 Å². The van der Waals surface area contributed by atoms with Crippen molar-refractivity contribution in [2.45, 2.75) is 38.8 Å². The van der Waals surface area contributed by atoms with Crippen molar-refractivity contribution in [3.05, 3.63) is 59.0 Å². The maximum atomic E-state index is 12.6. The predicted molar refractivity (Wildman–Crippen MR) is 152 cm³/mol. The molecule has 0 radical (unpaired) electrons. The summed E-state index contributed by atoms with van der Waals surface area (Å²) in [5, 5.41) is 8.69. The highest BCUT2D eigenvalue weighted by Gasteiger charge is 2.25. The Hall–Kier alpha value is -4.38. The Morgan fingerprint density at radius 3 is 2.44 bits per heavy atom. The summed E-state index contributed by atoms with van der Waals surface area (Å²) in [5.74, 6) is -0.463. The molecule has 4 rings (SSSR count). The van der Waals surface area contributed by atoms with Crippen LogP contribution in [-0.4, -0.2) is 63.3 Å². The molecule has 0 saturated carbocycles. The second-order valence-electron chi connectivity index (χ2n) is 10.1. The van der Waals surface area contributed by atoms with E-state index in [1.165, 1.54) is 12.1 Å². The number of nitrogens with one attached hydrogen (secondary N) is 3. The number of fused-ring (bicyclic) bond motifs is 1. The number of benzene rings is 2. The second-order valence-corrected chi connectivity index (χ2v) is 10.1. The first-order valence-corrected chi connectivity index (χ1v) is 13.5. The van der Waals surface area contributed by atoms with Crippen molar-refractivity contribution in [2.75, 3.05) is 33.4 Å². The number of carbonyl (C=O) groups excluding carboxylic acids is 3. The Labute approximate surface area is 237 Å². The van der Waals surface area contributed by atoms with Gasteiger partial charge in [0, 0.05) is 30.7 Å². The van der Waals surface area contributed by atoms with E-state index in [-0.39, 0.29) is 31.1 Å². The van der Waals surface area contributed by atoms with Gasteiger partial charge in [-0.1, -0.05) is 26.0 Å². The minimum Gasteiger partial charge on any atom is -0.497 e. The van der Waals surface area contributed by atoms with Crippen molar-refractivity contribution < 1.29 is 33.0 Å². The van der Waals surface area contributed by atoms with Gasteiger partial charge in [-0.2, -0.15) is 0 Å². The van der Waals surface area contributed by atoms with Gasteiger partial charge in [-0.05, 0) is 54.2 Å². The van der Waals surface area contributed by atoms with E-state index < -0.39 is 23.5 Å². The Morgan fingerprint density at radius 2 is 1.76 bits per heavy atom. The average molecular weight is 566 g/mol. The standard InChI is InChI=1S/C30H35N3O8/c1-18(2)29(30(37)32-15-22-5-4-12-39-22)33-26(34)16-31-27(35)17-40-21-10-11-23-24(14-28(36)41-25(23)13-21)19-6-8-20(38-3)9-7-19/h6-11,13-14,18,22,29H,4-5,12,15-17H2,1-3H3,(H,31,35)(H,32,37)(H,33,34)/t22?,29-/m0/s1. The zero-order valence-electron chi connectivity index (χ0n) is 23.4. The molecule has 218 valence electrons. The molecule has 2 aromatic carbocycles. The van der Waals surface area contributed by atoms with E-state index in [0.29, 0.717) is 41.2 Å². The zero-order valence-corrected chi connectivity index (χ0v) is 23.4. The predicted octanol–water partition coefficient (Wildman–Crippen LogP) is 2.40. The van der Waals surface area contributed by atoms with Crippen molar-refractivity contribution in [1.29, 1.82) is 0 Å². The molecule has 0 bridgehead atoms. The fourth-order valence-electron chi connectivity index (χ4n) is 4.51. The number of amides is 3. The van der Waals surface area contributed by atoms with Crippen LogP contribution in [0.5, 0.6) is 11.5 Å².